The summed E-state index contributed by atoms with van der Waals surface area (Å²) in [6.45, 7) is 2.70. The van der Waals surface area contributed by atoms with E-state index in [9.17, 15) is 0 Å². The molecule has 0 saturated heterocycles. The second-order valence-electron chi connectivity index (χ2n) is 7.00. The van der Waals surface area contributed by atoms with Crippen LogP contribution in [0.2, 0.25) is 0 Å². The van der Waals surface area contributed by atoms with Crippen molar-refractivity contribution in [3.8, 4) is 0 Å². The molecule has 0 radical (unpaired) electrons. The predicted molar refractivity (Wildman–Crippen MR) is 117 cm³/mol. The molecule has 0 aliphatic heterocycles. The predicted octanol–water partition coefficient (Wildman–Crippen LogP) is 2.87. The standard InChI is InChI=1S/C22H27N7/c1-23-22(24-13-6-11-21-27-26-20-10-4-5-16-29(20)21)25-14-7-15-28-17-12-18-8-2-3-9-19(18)28/h2-5,8-10,12,16-17H,6-7,11,13-15H2,1H3,(H2,23,24,25). The highest BCUT2D eigenvalue weighted by Gasteiger charge is 2.05. The summed E-state index contributed by atoms with van der Waals surface area (Å²) in [6.07, 6.45) is 7.03. The zero-order valence-electron chi connectivity index (χ0n) is 16.8. The zero-order valence-corrected chi connectivity index (χ0v) is 16.8. The average molecular weight is 390 g/mol. The van der Waals surface area contributed by atoms with E-state index in [4.69, 9.17) is 0 Å². The largest absolute Gasteiger partial charge is 0.356 e. The van der Waals surface area contributed by atoms with Crippen molar-refractivity contribution < 1.29 is 0 Å². The summed E-state index contributed by atoms with van der Waals surface area (Å²) in [5.41, 5.74) is 2.18. The molecule has 0 amide bonds. The second kappa shape index (κ2) is 9.23. The number of benzene rings is 1. The van der Waals surface area contributed by atoms with Crippen LogP contribution in [-0.2, 0) is 13.0 Å². The molecule has 0 saturated carbocycles. The Bertz CT molecular complexity index is 1010. The van der Waals surface area contributed by atoms with Crippen molar-refractivity contribution in [3.05, 3.63) is 66.7 Å². The van der Waals surface area contributed by atoms with Gasteiger partial charge in [-0.3, -0.25) is 9.39 Å². The Labute approximate surface area is 170 Å². The lowest BCUT2D eigenvalue weighted by Crippen LogP contribution is -2.38. The first-order valence-corrected chi connectivity index (χ1v) is 10.1. The Morgan fingerprint density at radius 2 is 1.76 bits per heavy atom. The van der Waals surface area contributed by atoms with Gasteiger partial charge in [0.05, 0.1) is 0 Å². The summed E-state index contributed by atoms with van der Waals surface area (Å²) in [4.78, 5) is 4.31. The molecular weight excluding hydrogens is 362 g/mol. The van der Waals surface area contributed by atoms with Gasteiger partial charge >= 0.3 is 0 Å². The van der Waals surface area contributed by atoms with Gasteiger partial charge in [0.25, 0.3) is 0 Å². The molecule has 7 heteroatoms. The SMILES string of the molecule is CN=C(NCCCc1nnc2ccccn12)NCCCn1ccc2ccccc21. The van der Waals surface area contributed by atoms with Crippen molar-refractivity contribution in [1.29, 1.82) is 0 Å². The molecular formula is C22H27N7. The van der Waals surface area contributed by atoms with Crippen LogP contribution in [0.4, 0.5) is 0 Å². The van der Waals surface area contributed by atoms with Crippen molar-refractivity contribution in [2.24, 2.45) is 4.99 Å². The number of pyridine rings is 1. The van der Waals surface area contributed by atoms with Gasteiger partial charge in [-0.25, -0.2) is 0 Å². The maximum Gasteiger partial charge on any atom is 0.190 e. The molecule has 0 unspecified atom stereocenters. The van der Waals surface area contributed by atoms with Crippen LogP contribution in [0.1, 0.15) is 18.7 Å². The molecule has 2 N–H and O–H groups in total. The number of aromatic nitrogens is 4. The Kier molecular flexibility index (Phi) is 6.04. The first-order valence-electron chi connectivity index (χ1n) is 10.1. The van der Waals surface area contributed by atoms with Gasteiger partial charge in [-0.05, 0) is 42.5 Å². The van der Waals surface area contributed by atoms with Gasteiger partial charge in [0.15, 0.2) is 11.6 Å². The van der Waals surface area contributed by atoms with E-state index in [-0.39, 0.29) is 0 Å². The summed E-state index contributed by atoms with van der Waals surface area (Å²) < 4.78 is 4.34. The second-order valence-corrected chi connectivity index (χ2v) is 7.00. The van der Waals surface area contributed by atoms with E-state index in [1.165, 1.54) is 10.9 Å². The fourth-order valence-electron chi connectivity index (χ4n) is 3.53. The van der Waals surface area contributed by atoms with Crippen LogP contribution < -0.4 is 10.6 Å². The van der Waals surface area contributed by atoms with Crippen LogP contribution in [0.25, 0.3) is 16.6 Å². The maximum absolute atomic E-state index is 4.31. The first-order chi connectivity index (χ1) is 14.3. The highest BCUT2D eigenvalue weighted by Crippen LogP contribution is 2.15. The Balaban J connectivity index is 1.17. The number of aryl methyl sites for hydroxylation is 2. The third-order valence-electron chi connectivity index (χ3n) is 5.03. The molecule has 0 atom stereocenters. The third-order valence-corrected chi connectivity index (χ3v) is 5.03. The number of nitrogens with one attached hydrogen (secondary N) is 2. The molecule has 29 heavy (non-hydrogen) atoms. The number of nitrogens with zero attached hydrogens (tertiary/aromatic N) is 5. The van der Waals surface area contributed by atoms with Crippen molar-refractivity contribution in [2.45, 2.75) is 25.8 Å². The van der Waals surface area contributed by atoms with E-state index in [0.29, 0.717) is 0 Å². The Hall–Kier alpha value is -3.35. The minimum Gasteiger partial charge on any atom is -0.356 e. The molecule has 0 bridgehead atoms. The number of fused-ring (bicyclic) bond motifs is 2. The maximum atomic E-state index is 4.31. The smallest absolute Gasteiger partial charge is 0.190 e. The molecule has 150 valence electrons. The monoisotopic (exact) mass is 389 g/mol. The minimum absolute atomic E-state index is 0.837. The summed E-state index contributed by atoms with van der Waals surface area (Å²) in [5.74, 6) is 1.83. The van der Waals surface area contributed by atoms with Crippen LogP contribution in [0.3, 0.4) is 0 Å². The fourth-order valence-corrected chi connectivity index (χ4v) is 3.53. The van der Waals surface area contributed by atoms with Gasteiger partial charge in [-0.1, -0.05) is 24.3 Å². The quantitative estimate of drug-likeness (QED) is 0.276. The Morgan fingerprint density at radius 1 is 0.931 bits per heavy atom. The zero-order chi connectivity index (χ0) is 19.9. The third kappa shape index (κ3) is 4.56. The van der Waals surface area contributed by atoms with Gasteiger partial charge in [0.2, 0.25) is 0 Å². The summed E-state index contributed by atoms with van der Waals surface area (Å²) in [6, 6.07) is 16.6. The molecule has 0 spiro atoms. The van der Waals surface area contributed by atoms with Crippen molar-refractivity contribution in [3.63, 3.8) is 0 Å². The first kappa shape index (κ1) is 19.0. The highest BCUT2D eigenvalue weighted by atomic mass is 15.2. The van der Waals surface area contributed by atoms with Gasteiger partial charge in [-0.15, -0.1) is 10.2 Å². The number of hydrogen-bond donors (Lipinski definition) is 2. The summed E-state index contributed by atoms with van der Waals surface area (Å²) in [5, 5.41) is 16.5. The van der Waals surface area contributed by atoms with Crippen molar-refractivity contribution in [2.75, 3.05) is 20.1 Å². The van der Waals surface area contributed by atoms with E-state index in [0.717, 1.165) is 56.3 Å². The molecule has 3 aromatic heterocycles. The van der Waals surface area contributed by atoms with E-state index in [2.05, 4.69) is 66.9 Å². The topological polar surface area (TPSA) is 71.5 Å². The number of aliphatic imine (C=N–C) groups is 1. The lowest BCUT2D eigenvalue weighted by molar-refractivity contribution is 0.637. The molecule has 4 aromatic rings. The molecule has 4 rings (SSSR count). The lowest BCUT2D eigenvalue weighted by atomic mass is 10.2. The van der Waals surface area contributed by atoms with Gasteiger partial charge < -0.3 is 15.2 Å². The van der Waals surface area contributed by atoms with E-state index < -0.39 is 0 Å². The van der Waals surface area contributed by atoms with Crippen LogP contribution in [0.15, 0.2) is 65.9 Å². The van der Waals surface area contributed by atoms with Gasteiger partial charge in [-0.2, -0.15) is 0 Å². The molecule has 1 aromatic carbocycles. The molecule has 0 fully saturated rings. The molecule has 3 heterocycles. The van der Waals surface area contributed by atoms with E-state index >= 15 is 0 Å². The number of para-hydroxylation sites is 1. The lowest BCUT2D eigenvalue weighted by Gasteiger charge is -2.12. The van der Waals surface area contributed by atoms with Crippen molar-refractivity contribution >= 4 is 22.5 Å². The van der Waals surface area contributed by atoms with Crippen LogP contribution >= 0.6 is 0 Å². The minimum atomic E-state index is 0.837. The summed E-state index contributed by atoms with van der Waals surface area (Å²) in [7, 11) is 1.81. The van der Waals surface area contributed by atoms with Crippen molar-refractivity contribution in [1.82, 2.24) is 29.8 Å². The highest BCUT2D eigenvalue weighted by molar-refractivity contribution is 5.80. The number of hydrogen-bond acceptors (Lipinski definition) is 3. The van der Waals surface area contributed by atoms with Gasteiger partial charge in [0.1, 0.15) is 5.82 Å². The van der Waals surface area contributed by atoms with E-state index in [1.54, 1.807) is 7.05 Å². The molecule has 0 aliphatic rings. The van der Waals surface area contributed by atoms with Crippen LogP contribution in [-0.4, -0.2) is 45.3 Å². The van der Waals surface area contributed by atoms with E-state index in [1.807, 2.05) is 28.8 Å². The molecule has 7 nitrogen and oxygen atoms in total. The summed E-state index contributed by atoms with van der Waals surface area (Å²) >= 11 is 0. The fraction of sp³-hybridized carbons (Fsp3) is 0.318. The van der Waals surface area contributed by atoms with Crippen LogP contribution in [0.5, 0.6) is 0 Å². The van der Waals surface area contributed by atoms with Gasteiger partial charge in [0, 0.05) is 51.0 Å². The average Bonchev–Trinajstić information content (AvgIpc) is 3.37. The van der Waals surface area contributed by atoms with Crippen LogP contribution in [0, 0.1) is 0 Å². The number of guanidine groups is 1. The molecule has 0 aliphatic carbocycles. The normalized spacial score (nSPS) is 12.0. The Morgan fingerprint density at radius 3 is 2.66 bits per heavy atom. The number of rotatable bonds is 8.